The van der Waals surface area contributed by atoms with Crippen molar-refractivity contribution in [3.63, 3.8) is 0 Å². The minimum absolute atomic E-state index is 0.152. The molecule has 0 radical (unpaired) electrons. The quantitative estimate of drug-likeness (QED) is 0.758. The molecule has 0 unspecified atom stereocenters. The highest BCUT2D eigenvalue weighted by atomic mass is 32.1. The van der Waals surface area contributed by atoms with E-state index in [4.69, 9.17) is 5.73 Å². The summed E-state index contributed by atoms with van der Waals surface area (Å²) in [6.07, 6.45) is 1.62. The molecule has 0 aliphatic carbocycles. The highest BCUT2D eigenvalue weighted by Crippen LogP contribution is 2.24. The number of anilines is 2. The fraction of sp³-hybridized carbons (Fsp3) is 0.143. The average molecular weight is 299 g/mol. The lowest BCUT2D eigenvalue weighted by Gasteiger charge is -2.06. The molecule has 0 spiro atoms. The van der Waals surface area contributed by atoms with Gasteiger partial charge >= 0.3 is 0 Å². The first-order chi connectivity index (χ1) is 10.0. The Labute approximate surface area is 125 Å². The Morgan fingerprint density at radius 2 is 2.10 bits per heavy atom. The summed E-state index contributed by atoms with van der Waals surface area (Å²) < 4.78 is 0.822. The van der Waals surface area contributed by atoms with Gasteiger partial charge in [0.2, 0.25) is 5.95 Å². The number of carbonyl (C=O) groups is 1. The summed E-state index contributed by atoms with van der Waals surface area (Å²) in [4.78, 5) is 24.7. The SMILES string of the molecule is Cc1ccc(NC(=O)c2csc3cnc(N)nc23)nc1C. The molecule has 0 aromatic carbocycles. The van der Waals surface area contributed by atoms with Gasteiger partial charge in [-0.15, -0.1) is 11.3 Å². The Balaban J connectivity index is 1.93. The number of hydrogen-bond donors (Lipinski definition) is 2. The Hall–Kier alpha value is -2.54. The molecule has 0 atom stereocenters. The number of nitrogens with zero attached hydrogens (tertiary/aromatic N) is 3. The third-order valence-electron chi connectivity index (χ3n) is 3.17. The number of hydrogen-bond acceptors (Lipinski definition) is 6. The van der Waals surface area contributed by atoms with Crippen molar-refractivity contribution in [2.45, 2.75) is 13.8 Å². The highest BCUT2D eigenvalue weighted by Gasteiger charge is 2.15. The first-order valence-electron chi connectivity index (χ1n) is 6.30. The Kier molecular flexibility index (Phi) is 3.26. The zero-order valence-corrected chi connectivity index (χ0v) is 12.4. The Morgan fingerprint density at radius 3 is 2.86 bits per heavy atom. The van der Waals surface area contributed by atoms with Gasteiger partial charge in [0.25, 0.3) is 5.91 Å². The van der Waals surface area contributed by atoms with Gasteiger partial charge in [-0.05, 0) is 25.5 Å². The van der Waals surface area contributed by atoms with E-state index in [1.54, 1.807) is 17.6 Å². The van der Waals surface area contributed by atoms with Crippen molar-refractivity contribution in [3.05, 3.63) is 40.5 Å². The van der Waals surface area contributed by atoms with Gasteiger partial charge in [-0.1, -0.05) is 6.07 Å². The third kappa shape index (κ3) is 2.55. The van der Waals surface area contributed by atoms with E-state index >= 15 is 0 Å². The number of amides is 1. The number of nitrogen functional groups attached to an aromatic ring is 1. The highest BCUT2D eigenvalue weighted by molar-refractivity contribution is 7.17. The smallest absolute Gasteiger partial charge is 0.259 e. The first-order valence-corrected chi connectivity index (χ1v) is 7.18. The number of pyridine rings is 1. The van der Waals surface area contributed by atoms with Crippen LogP contribution in [0.3, 0.4) is 0 Å². The van der Waals surface area contributed by atoms with Gasteiger partial charge in [-0.2, -0.15) is 0 Å². The minimum atomic E-state index is -0.255. The lowest BCUT2D eigenvalue weighted by atomic mass is 10.2. The van der Waals surface area contributed by atoms with Crippen LogP contribution in [0.1, 0.15) is 21.6 Å². The van der Waals surface area contributed by atoms with Crippen molar-refractivity contribution in [2.24, 2.45) is 0 Å². The number of thiophene rings is 1. The zero-order valence-electron chi connectivity index (χ0n) is 11.5. The third-order valence-corrected chi connectivity index (χ3v) is 4.08. The van der Waals surface area contributed by atoms with Gasteiger partial charge in [0.1, 0.15) is 5.82 Å². The van der Waals surface area contributed by atoms with E-state index in [1.165, 1.54) is 11.3 Å². The van der Waals surface area contributed by atoms with Crippen LogP contribution in [0.15, 0.2) is 23.7 Å². The summed E-state index contributed by atoms with van der Waals surface area (Å²) in [6.45, 7) is 3.87. The van der Waals surface area contributed by atoms with Crippen LogP contribution < -0.4 is 11.1 Å². The number of nitrogens with one attached hydrogen (secondary N) is 1. The van der Waals surface area contributed by atoms with Crippen LogP contribution in [0.5, 0.6) is 0 Å². The predicted molar refractivity (Wildman–Crippen MR) is 83.5 cm³/mol. The minimum Gasteiger partial charge on any atom is -0.368 e. The van der Waals surface area contributed by atoms with E-state index < -0.39 is 0 Å². The second-order valence-electron chi connectivity index (χ2n) is 4.64. The fourth-order valence-corrected chi connectivity index (χ4v) is 2.73. The molecule has 0 aliphatic heterocycles. The maximum atomic E-state index is 12.4. The van der Waals surface area contributed by atoms with Crippen LogP contribution in [0.2, 0.25) is 0 Å². The van der Waals surface area contributed by atoms with Crippen molar-refractivity contribution in [1.29, 1.82) is 0 Å². The summed E-state index contributed by atoms with van der Waals surface area (Å²) in [5.41, 5.74) is 8.58. The lowest BCUT2D eigenvalue weighted by molar-refractivity contribution is 0.102. The van der Waals surface area contributed by atoms with Crippen molar-refractivity contribution in [1.82, 2.24) is 15.0 Å². The van der Waals surface area contributed by atoms with Gasteiger partial charge < -0.3 is 11.1 Å². The molecule has 0 saturated heterocycles. The van der Waals surface area contributed by atoms with Gasteiger partial charge in [-0.3, -0.25) is 4.79 Å². The van der Waals surface area contributed by atoms with E-state index in [1.807, 2.05) is 19.9 Å². The summed E-state index contributed by atoms with van der Waals surface area (Å²) in [7, 11) is 0. The summed E-state index contributed by atoms with van der Waals surface area (Å²) in [6, 6.07) is 3.70. The van der Waals surface area contributed by atoms with E-state index in [2.05, 4.69) is 20.3 Å². The number of aryl methyl sites for hydroxylation is 2. The number of carbonyl (C=O) groups excluding carboxylic acids is 1. The monoisotopic (exact) mass is 299 g/mol. The molecule has 3 rings (SSSR count). The standard InChI is InChI=1S/C14H13N5OS/c1-7-3-4-11(17-8(7)2)18-13(20)9-6-21-10-5-16-14(15)19-12(9)10/h3-6H,1-2H3,(H2,15,16,19)(H,17,18,20). The lowest BCUT2D eigenvalue weighted by Crippen LogP contribution is -2.13. The molecule has 0 saturated carbocycles. The fourth-order valence-electron chi connectivity index (χ4n) is 1.89. The van der Waals surface area contributed by atoms with Gasteiger partial charge in [0, 0.05) is 11.1 Å². The molecule has 3 aromatic heterocycles. The van der Waals surface area contributed by atoms with Gasteiger partial charge in [-0.25, -0.2) is 15.0 Å². The average Bonchev–Trinajstić information content (AvgIpc) is 2.86. The normalized spacial score (nSPS) is 10.8. The number of fused-ring (bicyclic) bond motifs is 1. The van der Waals surface area contributed by atoms with E-state index in [0.29, 0.717) is 16.9 Å². The maximum absolute atomic E-state index is 12.4. The summed E-state index contributed by atoms with van der Waals surface area (Å²) >= 11 is 1.41. The molecule has 3 N–H and O–H groups in total. The molecule has 3 aromatic rings. The maximum Gasteiger partial charge on any atom is 0.259 e. The van der Waals surface area contributed by atoms with Crippen LogP contribution in [0, 0.1) is 13.8 Å². The molecule has 0 fully saturated rings. The topological polar surface area (TPSA) is 93.8 Å². The van der Waals surface area contributed by atoms with Crippen LogP contribution in [0.4, 0.5) is 11.8 Å². The molecular weight excluding hydrogens is 286 g/mol. The largest absolute Gasteiger partial charge is 0.368 e. The first kappa shape index (κ1) is 13.4. The molecule has 3 heterocycles. The molecule has 21 heavy (non-hydrogen) atoms. The van der Waals surface area contributed by atoms with Crippen molar-refractivity contribution < 1.29 is 4.79 Å². The van der Waals surface area contributed by atoms with Crippen molar-refractivity contribution in [2.75, 3.05) is 11.1 Å². The Bertz CT molecular complexity index is 842. The number of aromatic nitrogens is 3. The second-order valence-corrected chi connectivity index (χ2v) is 5.55. The van der Waals surface area contributed by atoms with Crippen molar-refractivity contribution in [3.8, 4) is 0 Å². The molecule has 0 aliphatic rings. The molecule has 106 valence electrons. The molecule has 0 bridgehead atoms. The summed E-state index contributed by atoms with van der Waals surface area (Å²) in [5.74, 6) is 0.416. The molecular formula is C14H13N5OS. The van der Waals surface area contributed by atoms with Crippen LogP contribution in [-0.2, 0) is 0 Å². The molecule has 6 nitrogen and oxygen atoms in total. The van der Waals surface area contributed by atoms with Gasteiger partial charge in [0.05, 0.1) is 22.0 Å². The molecule has 7 heteroatoms. The predicted octanol–water partition coefficient (Wildman–Crippen LogP) is 2.54. The second kappa shape index (κ2) is 5.10. The van der Waals surface area contributed by atoms with E-state index in [9.17, 15) is 4.79 Å². The van der Waals surface area contributed by atoms with Crippen LogP contribution in [0.25, 0.3) is 10.2 Å². The van der Waals surface area contributed by atoms with Gasteiger partial charge in [0.15, 0.2) is 0 Å². The number of rotatable bonds is 2. The van der Waals surface area contributed by atoms with E-state index in [-0.39, 0.29) is 11.9 Å². The molecule has 1 amide bonds. The Morgan fingerprint density at radius 1 is 1.29 bits per heavy atom. The van der Waals surface area contributed by atoms with Crippen molar-refractivity contribution >= 4 is 39.2 Å². The number of nitrogens with two attached hydrogens (primary N) is 1. The van der Waals surface area contributed by atoms with Crippen LogP contribution >= 0.6 is 11.3 Å². The zero-order chi connectivity index (χ0) is 15.0. The van der Waals surface area contributed by atoms with E-state index in [0.717, 1.165) is 16.0 Å². The summed E-state index contributed by atoms with van der Waals surface area (Å²) in [5, 5.41) is 4.52. The van der Waals surface area contributed by atoms with Crippen LogP contribution in [-0.4, -0.2) is 20.9 Å².